The summed E-state index contributed by atoms with van der Waals surface area (Å²) < 4.78 is 5.29. The molecule has 104 valence electrons. The van der Waals surface area contributed by atoms with Gasteiger partial charge >= 0.3 is 5.97 Å². The zero-order chi connectivity index (χ0) is 14.5. The van der Waals surface area contributed by atoms with E-state index in [2.05, 4.69) is 4.98 Å². The molecule has 0 aliphatic carbocycles. The van der Waals surface area contributed by atoms with Gasteiger partial charge in [0.15, 0.2) is 0 Å². The van der Waals surface area contributed by atoms with Crippen molar-refractivity contribution < 1.29 is 9.53 Å². The topological polar surface area (TPSA) is 65.2 Å². The van der Waals surface area contributed by atoms with E-state index in [1.54, 1.807) is 18.5 Å². The van der Waals surface area contributed by atoms with Crippen molar-refractivity contribution >= 4 is 11.7 Å². The van der Waals surface area contributed by atoms with Gasteiger partial charge in [-0.15, -0.1) is 0 Å². The first kappa shape index (κ1) is 14.1. The predicted octanol–water partition coefficient (Wildman–Crippen LogP) is 2.68. The third-order valence-electron chi connectivity index (χ3n) is 3.21. The Morgan fingerprint density at radius 1 is 1.20 bits per heavy atom. The summed E-state index contributed by atoms with van der Waals surface area (Å²) in [5.74, 6) is -0.330. The number of carbonyl (C=O) groups excluding carboxylic acids is 1. The fraction of sp³-hybridized carbons (Fsp3) is 0.250. The molecular weight excluding hydrogens is 252 g/mol. The molecule has 4 heteroatoms. The summed E-state index contributed by atoms with van der Waals surface area (Å²) in [5.41, 5.74) is 9.91. The van der Waals surface area contributed by atoms with Crippen LogP contribution < -0.4 is 5.73 Å². The Balaban J connectivity index is 1.97. The summed E-state index contributed by atoms with van der Waals surface area (Å²) in [4.78, 5) is 16.0. The van der Waals surface area contributed by atoms with Gasteiger partial charge in [0.25, 0.3) is 0 Å². The maximum Gasteiger partial charge on any atom is 0.338 e. The molecular formula is C16H18N2O2. The summed E-state index contributed by atoms with van der Waals surface area (Å²) in [5, 5.41) is 0. The largest absolute Gasteiger partial charge is 0.462 e. The minimum atomic E-state index is -0.330. The second-order valence-electron chi connectivity index (χ2n) is 4.77. The molecule has 0 saturated heterocycles. The molecule has 0 saturated carbocycles. The number of ether oxygens (including phenoxy) is 1. The molecule has 2 N–H and O–H groups in total. The molecule has 0 bridgehead atoms. The summed E-state index contributed by atoms with van der Waals surface area (Å²) in [6.07, 6.45) is 4.12. The SMILES string of the molecule is Cc1cc(C)c(C(=O)OCCc2ccncc2)cc1N. The van der Waals surface area contributed by atoms with Gasteiger partial charge in [-0.25, -0.2) is 4.79 Å². The number of nitrogens with two attached hydrogens (primary N) is 1. The highest BCUT2D eigenvalue weighted by molar-refractivity contribution is 5.92. The van der Waals surface area contributed by atoms with E-state index in [0.29, 0.717) is 24.3 Å². The third kappa shape index (κ3) is 3.35. The number of hydrogen-bond acceptors (Lipinski definition) is 4. The normalized spacial score (nSPS) is 10.3. The first-order valence-electron chi connectivity index (χ1n) is 6.50. The van der Waals surface area contributed by atoms with Crippen LogP contribution in [0.3, 0.4) is 0 Å². The number of pyridine rings is 1. The minimum Gasteiger partial charge on any atom is -0.462 e. The molecule has 0 aliphatic heterocycles. The van der Waals surface area contributed by atoms with Crippen LogP contribution in [0.1, 0.15) is 27.0 Å². The Labute approximate surface area is 118 Å². The lowest BCUT2D eigenvalue weighted by Gasteiger charge is -2.09. The van der Waals surface area contributed by atoms with Crippen molar-refractivity contribution in [2.24, 2.45) is 0 Å². The Morgan fingerprint density at radius 2 is 1.90 bits per heavy atom. The van der Waals surface area contributed by atoms with Crippen molar-refractivity contribution in [2.45, 2.75) is 20.3 Å². The maximum atomic E-state index is 12.0. The number of rotatable bonds is 4. The van der Waals surface area contributed by atoms with Crippen LogP contribution in [0.4, 0.5) is 5.69 Å². The van der Waals surface area contributed by atoms with Gasteiger partial charge in [-0.1, -0.05) is 6.07 Å². The molecule has 0 atom stereocenters. The zero-order valence-corrected chi connectivity index (χ0v) is 11.7. The molecule has 1 aromatic carbocycles. The summed E-state index contributed by atoms with van der Waals surface area (Å²) in [6, 6.07) is 7.39. The molecule has 0 unspecified atom stereocenters. The maximum absolute atomic E-state index is 12.0. The van der Waals surface area contributed by atoms with Crippen molar-refractivity contribution in [3.8, 4) is 0 Å². The van der Waals surface area contributed by atoms with Crippen molar-refractivity contribution in [2.75, 3.05) is 12.3 Å². The zero-order valence-electron chi connectivity index (χ0n) is 11.7. The monoisotopic (exact) mass is 270 g/mol. The number of hydrogen-bond donors (Lipinski definition) is 1. The lowest BCUT2D eigenvalue weighted by atomic mass is 10.0. The Morgan fingerprint density at radius 3 is 2.60 bits per heavy atom. The van der Waals surface area contributed by atoms with Crippen LogP contribution in [-0.2, 0) is 11.2 Å². The van der Waals surface area contributed by atoms with Crippen molar-refractivity contribution in [1.29, 1.82) is 0 Å². The van der Waals surface area contributed by atoms with Gasteiger partial charge < -0.3 is 10.5 Å². The van der Waals surface area contributed by atoms with Crippen LogP contribution in [0, 0.1) is 13.8 Å². The van der Waals surface area contributed by atoms with Crippen molar-refractivity contribution in [3.63, 3.8) is 0 Å². The lowest BCUT2D eigenvalue weighted by Crippen LogP contribution is -2.10. The number of esters is 1. The van der Waals surface area contributed by atoms with Crippen LogP contribution in [0.2, 0.25) is 0 Å². The van der Waals surface area contributed by atoms with E-state index in [9.17, 15) is 4.79 Å². The minimum absolute atomic E-state index is 0.330. The molecule has 0 radical (unpaired) electrons. The molecule has 4 nitrogen and oxygen atoms in total. The second-order valence-corrected chi connectivity index (χ2v) is 4.77. The smallest absolute Gasteiger partial charge is 0.338 e. The summed E-state index contributed by atoms with van der Waals surface area (Å²) in [7, 11) is 0. The van der Waals surface area contributed by atoms with Gasteiger partial charge in [-0.05, 0) is 48.7 Å². The van der Waals surface area contributed by atoms with E-state index in [1.807, 2.05) is 32.0 Å². The number of carbonyl (C=O) groups is 1. The fourth-order valence-corrected chi connectivity index (χ4v) is 1.98. The van der Waals surface area contributed by atoms with Gasteiger partial charge in [0.05, 0.1) is 12.2 Å². The quantitative estimate of drug-likeness (QED) is 0.685. The van der Waals surface area contributed by atoms with E-state index < -0.39 is 0 Å². The average molecular weight is 270 g/mol. The standard InChI is InChI=1S/C16H18N2O2/c1-11-9-12(2)15(17)10-14(11)16(19)20-8-5-13-3-6-18-7-4-13/h3-4,6-7,9-10H,5,8,17H2,1-2H3. The summed E-state index contributed by atoms with van der Waals surface area (Å²) in [6.45, 7) is 4.14. The molecule has 0 spiro atoms. The number of benzene rings is 1. The van der Waals surface area contributed by atoms with Gasteiger partial charge in [0.1, 0.15) is 0 Å². The molecule has 0 amide bonds. The van der Waals surface area contributed by atoms with E-state index in [1.165, 1.54) is 0 Å². The van der Waals surface area contributed by atoms with Gasteiger partial charge in [-0.3, -0.25) is 4.98 Å². The van der Waals surface area contributed by atoms with Crippen LogP contribution >= 0.6 is 0 Å². The van der Waals surface area contributed by atoms with Gasteiger partial charge in [0.2, 0.25) is 0 Å². The Kier molecular flexibility index (Phi) is 4.35. The number of nitrogens with zero attached hydrogens (tertiary/aromatic N) is 1. The predicted molar refractivity (Wildman–Crippen MR) is 78.6 cm³/mol. The summed E-state index contributed by atoms with van der Waals surface area (Å²) >= 11 is 0. The molecule has 2 aromatic rings. The van der Waals surface area contributed by atoms with Crippen molar-refractivity contribution in [1.82, 2.24) is 4.98 Å². The van der Waals surface area contributed by atoms with Crippen LogP contribution in [0.5, 0.6) is 0 Å². The van der Waals surface area contributed by atoms with E-state index in [-0.39, 0.29) is 5.97 Å². The number of aryl methyl sites for hydroxylation is 2. The average Bonchev–Trinajstić information content (AvgIpc) is 2.44. The lowest BCUT2D eigenvalue weighted by molar-refractivity contribution is 0.0508. The van der Waals surface area contributed by atoms with Crippen LogP contribution in [-0.4, -0.2) is 17.6 Å². The first-order valence-corrected chi connectivity index (χ1v) is 6.50. The fourth-order valence-electron chi connectivity index (χ4n) is 1.98. The molecule has 0 fully saturated rings. The van der Waals surface area contributed by atoms with Crippen LogP contribution in [0.25, 0.3) is 0 Å². The molecule has 1 aromatic heterocycles. The van der Waals surface area contributed by atoms with E-state index in [0.717, 1.165) is 16.7 Å². The third-order valence-corrected chi connectivity index (χ3v) is 3.21. The van der Waals surface area contributed by atoms with E-state index >= 15 is 0 Å². The van der Waals surface area contributed by atoms with Crippen LogP contribution in [0.15, 0.2) is 36.7 Å². The highest BCUT2D eigenvalue weighted by Crippen LogP contribution is 2.18. The highest BCUT2D eigenvalue weighted by Gasteiger charge is 2.12. The highest BCUT2D eigenvalue weighted by atomic mass is 16.5. The van der Waals surface area contributed by atoms with Gasteiger partial charge in [-0.2, -0.15) is 0 Å². The second kappa shape index (κ2) is 6.19. The van der Waals surface area contributed by atoms with Gasteiger partial charge in [0, 0.05) is 24.5 Å². The number of anilines is 1. The molecule has 20 heavy (non-hydrogen) atoms. The van der Waals surface area contributed by atoms with E-state index in [4.69, 9.17) is 10.5 Å². The number of nitrogen functional groups attached to an aromatic ring is 1. The number of aromatic nitrogens is 1. The molecule has 2 rings (SSSR count). The van der Waals surface area contributed by atoms with Crippen molar-refractivity contribution in [3.05, 3.63) is 58.9 Å². The Bertz CT molecular complexity index is 609. The molecule has 1 heterocycles. The first-order chi connectivity index (χ1) is 9.58. The molecule has 0 aliphatic rings. The Hall–Kier alpha value is -2.36.